The maximum atomic E-state index is 4.37. The van der Waals surface area contributed by atoms with Crippen molar-refractivity contribution in [2.45, 2.75) is 30.2 Å². The van der Waals surface area contributed by atoms with Crippen LogP contribution in [-0.4, -0.2) is 16.5 Å². The Bertz CT molecular complexity index is 560. The van der Waals surface area contributed by atoms with Gasteiger partial charge in [0.1, 0.15) is 17.2 Å². The first-order chi connectivity index (χ1) is 9.22. The fourth-order valence-corrected chi connectivity index (χ4v) is 2.99. The summed E-state index contributed by atoms with van der Waals surface area (Å²) < 4.78 is 1.08. The first-order valence-electron chi connectivity index (χ1n) is 6.20. The molecule has 0 fully saturated rings. The Labute approximate surface area is 126 Å². The summed E-state index contributed by atoms with van der Waals surface area (Å²) in [6.07, 6.45) is 2.69. The minimum Gasteiger partial charge on any atom is -0.370 e. The molecule has 1 aromatic heterocycles. The Kier molecular flexibility index (Phi) is 5.22. The van der Waals surface area contributed by atoms with Crippen molar-refractivity contribution in [3.05, 3.63) is 40.6 Å². The monoisotopic (exact) mass is 337 g/mol. The molecule has 2 aromatic rings. The van der Waals surface area contributed by atoms with Crippen molar-refractivity contribution in [2.24, 2.45) is 0 Å². The van der Waals surface area contributed by atoms with Gasteiger partial charge in [-0.3, -0.25) is 0 Å². The number of benzene rings is 1. The molecule has 0 aliphatic carbocycles. The first-order valence-corrected chi connectivity index (χ1v) is 7.81. The van der Waals surface area contributed by atoms with Crippen molar-refractivity contribution in [3.8, 4) is 0 Å². The van der Waals surface area contributed by atoms with Crippen molar-refractivity contribution >= 4 is 33.5 Å². The minimum atomic E-state index is 0.923. The molecule has 0 unspecified atom stereocenters. The average molecular weight is 338 g/mol. The van der Waals surface area contributed by atoms with Crippen LogP contribution in [0.2, 0.25) is 0 Å². The van der Waals surface area contributed by atoms with Crippen LogP contribution in [0.25, 0.3) is 0 Å². The van der Waals surface area contributed by atoms with Gasteiger partial charge in [0.25, 0.3) is 0 Å². The molecular formula is C14H16BrN3S. The molecule has 1 heterocycles. The van der Waals surface area contributed by atoms with E-state index < -0.39 is 0 Å². The summed E-state index contributed by atoms with van der Waals surface area (Å²) in [5.41, 5.74) is 1.09. The topological polar surface area (TPSA) is 37.8 Å². The van der Waals surface area contributed by atoms with E-state index in [-0.39, 0.29) is 0 Å². The predicted molar refractivity (Wildman–Crippen MR) is 83.8 cm³/mol. The first kappa shape index (κ1) is 14.3. The highest BCUT2D eigenvalue weighted by molar-refractivity contribution is 9.10. The van der Waals surface area contributed by atoms with Crippen LogP contribution in [0.1, 0.15) is 18.9 Å². The van der Waals surface area contributed by atoms with Crippen molar-refractivity contribution in [1.29, 1.82) is 0 Å². The van der Waals surface area contributed by atoms with Crippen molar-refractivity contribution in [1.82, 2.24) is 9.97 Å². The van der Waals surface area contributed by atoms with E-state index in [1.165, 1.54) is 0 Å². The predicted octanol–water partition coefficient (Wildman–Crippen LogP) is 4.52. The third-order valence-electron chi connectivity index (χ3n) is 2.62. The Morgan fingerprint density at radius 3 is 2.79 bits per heavy atom. The normalized spacial score (nSPS) is 10.5. The number of hydrogen-bond acceptors (Lipinski definition) is 4. The molecule has 0 spiro atoms. The number of rotatable bonds is 5. The van der Waals surface area contributed by atoms with Gasteiger partial charge in [0.15, 0.2) is 0 Å². The molecule has 2 rings (SSSR count). The fourth-order valence-electron chi connectivity index (χ4n) is 1.59. The summed E-state index contributed by atoms with van der Waals surface area (Å²) in [6.45, 7) is 5.12. The largest absolute Gasteiger partial charge is 0.370 e. The van der Waals surface area contributed by atoms with Crippen LogP contribution in [0.4, 0.5) is 5.82 Å². The number of nitrogens with one attached hydrogen (secondary N) is 1. The molecule has 0 radical (unpaired) electrons. The van der Waals surface area contributed by atoms with E-state index in [0.29, 0.717) is 0 Å². The van der Waals surface area contributed by atoms with Gasteiger partial charge in [0.05, 0.1) is 0 Å². The van der Waals surface area contributed by atoms with Gasteiger partial charge in [-0.05, 0) is 41.4 Å². The molecule has 0 amide bonds. The van der Waals surface area contributed by atoms with Crippen LogP contribution in [0, 0.1) is 6.92 Å². The van der Waals surface area contributed by atoms with E-state index in [1.807, 2.05) is 18.2 Å². The van der Waals surface area contributed by atoms with E-state index >= 15 is 0 Å². The van der Waals surface area contributed by atoms with Crippen molar-refractivity contribution in [3.63, 3.8) is 0 Å². The SMILES string of the molecule is CCCNc1ncnc(Sc2ccccc2Br)c1C. The lowest BCUT2D eigenvalue weighted by molar-refractivity contribution is 0.938. The van der Waals surface area contributed by atoms with E-state index in [4.69, 9.17) is 0 Å². The van der Waals surface area contributed by atoms with Crippen LogP contribution in [0.3, 0.4) is 0 Å². The van der Waals surface area contributed by atoms with E-state index in [2.05, 4.69) is 51.1 Å². The number of anilines is 1. The van der Waals surface area contributed by atoms with Gasteiger partial charge in [-0.25, -0.2) is 9.97 Å². The molecule has 0 aliphatic rings. The molecule has 1 N–H and O–H groups in total. The summed E-state index contributed by atoms with van der Waals surface area (Å²) in [6, 6.07) is 8.15. The molecule has 3 nitrogen and oxygen atoms in total. The summed E-state index contributed by atoms with van der Waals surface area (Å²) >= 11 is 5.21. The van der Waals surface area contributed by atoms with Gasteiger partial charge in [-0.1, -0.05) is 30.8 Å². The zero-order chi connectivity index (χ0) is 13.7. The highest BCUT2D eigenvalue weighted by Gasteiger charge is 2.09. The number of halogens is 1. The molecule has 0 aliphatic heterocycles. The summed E-state index contributed by atoms with van der Waals surface area (Å²) in [5, 5.41) is 4.31. The summed E-state index contributed by atoms with van der Waals surface area (Å²) in [7, 11) is 0. The molecule has 5 heteroatoms. The molecule has 1 aromatic carbocycles. The second-order valence-electron chi connectivity index (χ2n) is 4.11. The number of nitrogens with zero attached hydrogens (tertiary/aromatic N) is 2. The fraction of sp³-hybridized carbons (Fsp3) is 0.286. The minimum absolute atomic E-state index is 0.923. The van der Waals surface area contributed by atoms with Crippen LogP contribution < -0.4 is 5.32 Å². The number of aromatic nitrogens is 2. The third-order valence-corrected chi connectivity index (χ3v) is 4.76. The second kappa shape index (κ2) is 6.91. The zero-order valence-electron chi connectivity index (χ0n) is 11.0. The molecule has 0 saturated carbocycles. The lowest BCUT2D eigenvalue weighted by atomic mass is 10.3. The Balaban J connectivity index is 2.23. The molecule has 0 bridgehead atoms. The van der Waals surface area contributed by atoms with E-state index in [0.717, 1.165) is 38.7 Å². The van der Waals surface area contributed by atoms with Crippen molar-refractivity contribution < 1.29 is 0 Å². The second-order valence-corrected chi connectivity index (χ2v) is 6.00. The average Bonchev–Trinajstić information content (AvgIpc) is 2.42. The van der Waals surface area contributed by atoms with Crippen LogP contribution >= 0.6 is 27.7 Å². The highest BCUT2D eigenvalue weighted by atomic mass is 79.9. The van der Waals surface area contributed by atoms with Gasteiger partial charge in [0.2, 0.25) is 0 Å². The van der Waals surface area contributed by atoms with E-state index in [1.54, 1.807) is 18.1 Å². The maximum absolute atomic E-state index is 4.37. The third kappa shape index (κ3) is 3.70. The standard InChI is InChI=1S/C14H16BrN3S/c1-3-8-16-13-10(2)14(18-9-17-13)19-12-7-5-4-6-11(12)15/h4-7,9H,3,8H2,1-2H3,(H,16,17,18). The van der Waals surface area contributed by atoms with Gasteiger partial charge < -0.3 is 5.32 Å². The molecule has 0 saturated heterocycles. The zero-order valence-corrected chi connectivity index (χ0v) is 13.4. The van der Waals surface area contributed by atoms with E-state index in [9.17, 15) is 0 Å². The Morgan fingerprint density at radius 2 is 2.05 bits per heavy atom. The van der Waals surface area contributed by atoms with Crippen LogP contribution in [0.15, 0.2) is 45.0 Å². The van der Waals surface area contributed by atoms with Crippen molar-refractivity contribution in [2.75, 3.05) is 11.9 Å². The van der Waals surface area contributed by atoms with Gasteiger partial charge in [-0.15, -0.1) is 0 Å². The smallest absolute Gasteiger partial charge is 0.133 e. The van der Waals surface area contributed by atoms with Gasteiger partial charge in [-0.2, -0.15) is 0 Å². The lowest BCUT2D eigenvalue weighted by Gasteiger charge is -2.11. The molecular weight excluding hydrogens is 322 g/mol. The molecule has 19 heavy (non-hydrogen) atoms. The quantitative estimate of drug-likeness (QED) is 0.814. The van der Waals surface area contributed by atoms with Crippen LogP contribution in [-0.2, 0) is 0 Å². The maximum Gasteiger partial charge on any atom is 0.133 e. The number of hydrogen-bond donors (Lipinski definition) is 1. The highest BCUT2D eigenvalue weighted by Crippen LogP contribution is 2.34. The summed E-state index contributed by atoms with van der Waals surface area (Å²) in [5.74, 6) is 0.923. The Morgan fingerprint density at radius 1 is 1.26 bits per heavy atom. The summed E-state index contributed by atoms with van der Waals surface area (Å²) in [4.78, 5) is 9.83. The Hall–Kier alpha value is -1.07. The van der Waals surface area contributed by atoms with Gasteiger partial charge in [0, 0.05) is 21.5 Å². The van der Waals surface area contributed by atoms with Crippen LogP contribution in [0.5, 0.6) is 0 Å². The molecule has 0 atom stereocenters. The molecule has 100 valence electrons. The van der Waals surface area contributed by atoms with Gasteiger partial charge >= 0.3 is 0 Å². The lowest BCUT2D eigenvalue weighted by Crippen LogP contribution is -2.05.